The Morgan fingerprint density at radius 3 is 2.65 bits per heavy atom. The maximum absolute atomic E-state index is 12.2. The van der Waals surface area contributed by atoms with E-state index in [0.29, 0.717) is 12.1 Å². The first-order valence-corrected chi connectivity index (χ1v) is 7.56. The number of furan rings is 1. The Kier molecular flexibility index (Phi) is 3.67. The summed E-state index contributed by atoms with van der Waals surface area (Å²) >= 11 is 0. The van der Waals surface area contributed by atoms with Crippen LogP contribution in [0.2, 0.25) is 0 Å². The summed E-state index contributed by atoms with van der Waals surface area (Å²) in [6, 6.07) is 3.98. The van der Waals surface area contributed by atoms with Gasteiger partial charge in [0.15, 0.2) is 0 Å². The lowest BCUT2D eigenvalue weighted by atomic mass is 10.3. The highest BCUT2D eigenvalue weighted by atomic mass is 32.2. The fraction of sp³-hybridized carbons (Fsp3) is 0.333. The minimum Gasteiger partial charge on any atom is -0.475 e. The summed E-state index contributed by atoms with van der Waals surface area (Å²) in [5.41, 5.74) is 1.32. The molecule has 0 aliphatic heterocycles. The van der Waals surface area contributed by atoms with Crippen LogP contribution in [-0.4, -0.2) is 29.3 Å². The Hall–Kier alpha value is -2.09. The standard InChI is InChI=1S/C12H14N2O5S/c1-3-8-6-9(14(2)13-8)7-20(17,18)11-5-4-10(19-11)12(15)16/h4-6H,3,7H2,1-2H3,(H,15,16). The molecular formula is C12H14N2O5S. The zero-order valence-electron chi connectivity index (χ0n) is 11.0. The Bertz CT molecular complexity index is 742. The first-order valence-electron chi connectivity index (χ1n) is 5.91. The monoisotopic (exact) mass is 298 g/mol. The number of carbonyl (C=O) groups is 1. The maximum Gasteiger partial charge on any atom is 0.371 e. The zero-order valence-corrected chi connectivity index (χ0v) is 11.8. The summed E-state index contributed by atoms with van der Waals surface area (Å²) in [5, 5.41) is 12.5. The molecule has 0 aliphatic rings. The molecule has 0 amide bonds. The highest BCUT2D eigenvalue weighted by Crippen LogP contribution is 2.19. The van der Waals surface area contributed by atoms with Gasteiger partial charge in [-0.1, -0.05) is 6.92 Å². The fourth-order valence-corrected chi connectivity index (χ4v) is 3.04. The molecular weight excluding hydrogens is 284 g/mol. The van der Waals surface area contributed by atoms with E-state index < -0.39 is 21.6 Å². The first-order chi connectivity index (χ1) is 9.33. The van der Waals surface area contributed by atoms with Gasteiger partial charge >= 0.3 is 5.97 Å². The van der Waals surface area contributed by atoms with Gasteiger partial charge in [0.05, 0.1) is 17.1 Å². The van der Waals surface area contributed by atoms with Gasteiger partial charge in [0.1, 0.15) is 0 Å². The molecule has 7 nitrogen and oxygen atoms in total. The second-order valence-electron chi connectivity index (χ2n) is 4.29. The molecule has 1 N–H and O–H groups in total. The van der Waals surface area contributed by atoms with E-state index in [9.17, 15) is 13.2 Å². The van der Waals surface area contributed by atoms with Crippen molar-refractivity contribution in [2.45, 2.75) is 24.2 Å². The van der Waals surface area contributed by atoms with Crippen LogP contribution >= 0.6 is 0 Å². The van der Waals surface area contributed by atoms with Gasteiger partial charge in [0.25, 0.3) is 0 Å². The molecule has 2 aromatic rings. The molecule has 0 fully saturated rings. The minimum atomic E-state index is -3.73. The minimum absolute atomic E-state index is 0.289. The lowest BCUT2D eigenvalue weighted by Crippen LogP contribution is -2.08. The second-order valence-corrected chi connectivity index (χ2v) is 6.21. The number of hydrogen-bond acceptors (Lipinski definition) is 5. The Balaban J connectivity index is 2.30. The molecule has 0 saturated carbocycles. The number of carboxylic acids is 1. The van der Waals surface area contributed by atoms with Crippen molar-refractivity contribution >= 4 is 15.8 Å². The number of hydrogen-bond donors (Lipinski definition) is 1. The summed E-state index contributed by atoms with van der Waals surface area (Å²) < 4.78 is 30.7. The van der Waals surface area contributed by atoms with Crippen LogP contribution in [0.5, 0.6) is 0 Å². The zero-order chi connectivity index (χ0) is 14.9. The van der Waals surface area contributed by atoms with Crippen LogP contribution in [0, 0.1) is 0 Å². The van der Waals surface area contributed by atoms with Gasteiger partial charge in [-0.2, -0.15) is 5.10 Å². The molecule has 2 heterocycles. The van der Waals surface area contributed by atoms with Crippen molar-refractivity contribution in [2.75, 3.05) is 0 Å². The summed E-state index contributed by atoms with van der Waals surface area (Å²) in [7, 11) is -2.07. The van der Waals surface area contributed by atoms with E-state index in [1.807, 2.05) is 6.92 Å². The number of aromatic carboxylic acids is 1. The van der Waals surface area contributed by atoms with Crippen molar-refractivity contribution in [2.24, 2.45) is 7.05 Å². The molecule has 2 aromatic heterocycles. The molecule has 0 atom stereocenters. The van der Waals surface area contributed by atoms with E-state index in [4.69, 9.17) is 9.52 Å². The Labute approximate surface area is 115 Å². The van der Waals surface area contributed by atoms with E-state index in [0.717, 1.165) is 17.8 Å². The van der Waals surface area contributed by atoms with Gasteiger partial charge < -0.3 is 9.52 Å². The van der Waals surface area contributed by atoms with Gasteiger partial charge in [-0.25, -0.2) is 13.2 Å². The number of sulfone groups is 1. The average molecular weight is 298 g/mol. The highest BCUT2D eigenvalue weighted by Gasteiger charge is 2.23. The topological polar surface area (TPSA) is 102 Å². The molecule has 20 heavy (non-hydrogen) atoms. The third-order valence-electron chi connectivity index (χ3n) is 2.83. The van der Waals surface area contributed by atoms with Gasteiger partial charge in [-0.05, 0) is 24.6 Å². The summed E-state index contributed by atoms with van der Waals surface area (Å²) in [6.45, 7) is 1.92. The molecule has 0 spiro atoms. The summed E-state index contributed by atoms with van der Waals surface area (Å²) in [4.78, 5) is 10.7. The van der Waals surface area contributed by atoms with Gasteiger partial charge in [0.2, 0.25) is 20.7 Å². The van der Waals surface area contributed by atoms with Crippen LogP contribution in [0.3, 0.4) is 0 Å². The van der Waals surface area contributed by atoms with Crippen LogP contribution in [0.1, 0.15) is 28.9 Å². The summed E-state index contributed by atoms with van der Waals surface area (Å²) in [5.74, 6) is -1.99. The third kappa shape index (κ3) is 2.74. The molecule has 8 heteroatoms. The van der Waals surface area contributed by atoms with Gasteiger partial charge in [-0.3, -0.25) is 4.68 Å². The molecule has 0 saturated heterocycles. The largest absolute Gasteiger partial charge is 0.475 e. The molecule has 0 aliphatic carbocycles. The van der Waals surface area contributed by atoms with E-state index in [1.54, 1.807) is 13.1 Å². The maximum atomic E-state index is 12.2. The number of nitrogens with zero attached hydrogens (tertiary/aromatic N) is 2. The quantitative estimate of drug-likeness (QED) is 0.891. The van der Waals surface area contributed by atoms with Crippen LogP contribution < -0.4 is 0 Å². The predicted octanol–water partition coefficient (Wildman–Crippen LogP) is 1.25. The number of carboxylic acid groups (broad SMARTS) is 1. The van der Waals surface area contributed by atoms with Crippen molar-refractivity contribution in [3.8, 4) is 0 Å². The normalized spacial score (nSPS) is 11.7. The predicted molar refractivity (Wildman–Crippen MR) is 69.1 cm³/mol. The van der Waals surface area contributed by atoms with Crippen LogP contribution in [0.25, 0.3) is 0 Å². The lowest BCUT2D eigenvalue weighted by Gasteiger charge is -2.01. The van der Waals surface area contributed by atoms with E-state index in [1.165, 1.54) is 4.68 Å². The Morgan fingerprint density at radius 1 is 1.45 bits per heavy atom. The second kappa shape index (κ2) is 5.12. The van der Waals surface area contributed by atoms with Crippen molar-refractivity contribution in [1.29, 1.82) is 0 Å². The smallest absolute Gasteiger partial charge is 0.371 e. The molecule has 0 unspecified atom stereocenters. The summed E-state index contributed by atoms with van der Waals surface area (Å²) in [6.07, 6.45) is 0.706. The molecule has 2 rings (SSSR count). The highest BCUT2D eigenvalue weighted by molar-refractivity contribution is 7.90. The molecule has 0 bridgehead atoms. The van der Waals surface area contributed by atoms with E-state index >= 15 is 0 Å². The Morgan fingerprint density at radius 2 is 2.15 bits per heavy atom. The van der Waals surface area contributed by atoms with Crippen LogP contribution in [0.4, 0.5) is 0 Å². The van der Waals surface area contributed by atoms with Gasteiger partial charge in [-0.15, -0.1) is 0 Å². The van der Waals surface area contributed by atoms with Crippen molar-refractivity contribution in [3.05, 3.63) is 35.3 Å². The number of rotatable bonds is 5. The van der Waals surface area contributed by atoms with E-state index in [-0.39, 0.29) is 10.8 Å². The van der Waals surface area contributed by atoms with Crippen LogP contribution in [-0.2, 0) is 29.1 Å². The van der Waals surface area contributed by atoms with E-state index in [2.05, 4.69) is 5.10 Å². The molecule has 108 valence electrons. The van der Waals surface area contributed by atoms with Crippen molar-refractivity contribution < 1.29 is 22.7 Å². The average Bonchev–Trinajstić information content (AvgIpc) is 2.97. The third-order valence-corrected chi connectivity index (χ3v) is 4.33. The number of aromatic nitrogens is 2. The van der Waals surface area contributed by atoms with Crippen molar-refractivity contribution in [3.63, 3.8) is 0 Å². The van der Waals surface area contributed by atoms with Gasteiger partial charge in [0, 0.05) is 7.05 Å². The lowest BCUT2D eigenvalue weighted by molar-refractivity contribution is 0.0656. The fourth-order valence-electron chi connectivity index (χ4n) is 1.75. The van der Waals surface area contributed by atoms with Crippen LogP contribution in [0.15, 0.2) is 27.7 Å². The SMILES string of the molecule is CCc1cc(CS(=O)(=O)c2ccc(C(=O)O)o2)n(C)n1. The molecule has 0 aromatic carbocycles. The number of aryl methyl sites for hydroxylation is 2. The molecule has 0 radical (unpaired) electrons. The first kappa shape index (κ1) is 14.3. The van der Waals surface area contributed by atoms with Crippen molar-refractivity contribution in [1.82, 2.24) is 9.78 Å².